The van der Waals surface area contributed by atoms with Crippen molar-refractivity contribution in [2.75, 3.05) is 49.6 Å². The molecule has 0 aliphatic carbocycles. The summed E-state index contributed by atoms with van der Waals surface area (Å²) >= 11 is 1.29. The van der Waals surface area contributed by atoms with Crippen LogP contribution in [-0.2, 0) is 9.53 Å². The number of aromatic nitrogens is 2. The number of nitrogens with zero attached hydrogens (tertiary/aromatic N) is 4. The van der Waals surface area contributed by atoms with Gasteiger partial charge in [-0.1, -0.05) is 0 Å². The van der Waals surface area contributed by atoms with Gasteiger partial charge < -0.3 is 24.6 Å². The Hall–Kier alpha value is -3.45. The van der Waals surface area contributed by atoms with Gasteiger partial charge in [0, 0.05) is 44.0 Å². The van der Waals surface area contributed by atoms with Crippen LogP contribution in [0, 0.1) is 12.8 Å². The molecule has 202 valence electrons. The molecule has 0 atom stereocenters. The van der Waals surface area contributed by atoms with Gasteiger partial charge in [0.1, 0.15) is 10.6 Å². The Labute approximate surface area is 220 Å². The summed E-state index contributed by atoms with van der Waals surface area (Å²) in [5, 5.41) is 3.64. The van der Waals surface area contributed by atoms with Crippen LogP contribution in [-0.4, -0.2) is 71.8 Å². The van der Waals surface area contributed by atoms with E-state index in [1.165, 1.54) is 23.7 Å². The second kappa shape index (κ2) is 10.7. The summed E-state index contributed by atoms with van der Waals surface area (Å²) in [4.78, 5) is 35.5. The number of alkyl halides is 3. The third-order valence-corrected chi connectivity index (χ3v) is 7.56. The molecule has 0 spiro atoms. The highest BCUT2D eigenvalue weighted by Gasteiger charge is 2.32. The summed E-state index contributed by atoms with van der Waals surface area (Å²) in [6, 6.07) is 5.06. The van der Waals surface area contributed by atoms with E-state index >= 15 is 0 Å². The van der Waals surface area contributed by atoms with E-state index in [0.29, 0.717) is 63.5 Å². The van der Waals surface area contributed by atoms with Gasteiger partial charge in [-0.25, -0.2) is 4.98 Å². The molecule has 0 saturated carbocycles. The highest BCUT2D eigenvalue weighted by Crippen LogP contribution is 2.37. The van der Waals surface area contributed by atoms with Crippen LogP contribution in [0.15, 0.2) is 30.5 Å². The highest BCUT2D eigenvalue weighted by molar-refractivity contribution is 7.13. The van der Waals surface area contributed by atoms with Crippen LogP contribution in [0.25, 0.3) is 10.2 Å². The summed E-state index contributed by atoms with van der Waals surface area (Å²) < 4.78 is 50.8. The van der Waals surface area contributed by atoms with E-state index in [-0.39, 0.29) is 23.5 Å². The van der Waals surface area contributed by atoms with Crippen molar-refractivity contribution in [3.63, 3.8) is 0 Å². The first kappa shape index (κ1) is 26.2. The normalized spacial score (nSPS) is 17.1. The molecule has 13 heteroatoms. The van der Waals surface area contributed by atoms with Crippen molar-refractivity contribution in [3.05, 3.63) is 41.7 Å². The molecule has 0 unspecified atom stereocenters. The van der Waals surface area contributed by atoms with Crippen LogP contribution in [0.1, 0.15) is 28.9 Å². The van der Waals surface area contributed by atoms with E-state index in [9.17, 15) is 22.8 Å². The number of amides is 2. The van der Waals surface area contributed by atoms with Crippen LogP contribution >= 0.6 is 11.5 Å². The van der Waals surface area contributed by atoms with Crippen LogP contribution < -0.4 is 15.0 Å². The maximum atomic E-state index is 13.5. The van der Waals surface area contributed by atoms with Gasteiger partial charge in [0.25, 0.3) is 5.91 Å². The van der Waals surface area contributed by atoms with Gasteiger partial charge in [0.15, 0.2) is 0 Å². The number of benzene rings is 1. The Kier molecular flexibility index (Phi) is 7.39. The summed E-state index contributed by atoms with van der Waals surface area (Å²) in [5.74, 6) is -0.934. The molecule has 2 aliphatic heterocycles. The number of piperidine rings is 1. The molecular formula is C25H26F3N5O4S. The van der Waals surface area contributed by atoms with Gasteiger partial charge in [-0.15, -0.1) is 13.2 Å². The summed E-state index contributed by atoms with van der Waals surface area (Å²) in [7, 11) is 0. The summed E-state index contributed by atoms with van der Waals surface area (Å²) in [5.41, 5.74) is 2.52. The molecule has 4 heterocycles. The fraction of sp³-hybridized carbons (Fsp3) is 0.440. The number of morpholine rings is 1. The molecule has 2 amide bonds. The second-order valence-electron chi connectivity index (χ2n) is 9.20. The van der Waals surface area contributed by atoms with Gasteiger partial charge in [-0.05, 0) is 55.6 Å². The quantitative estimate of drug-likeness (QED) is 0.509. The number of ether oxygens (including phenoxy) is 2. The minimum Gasteiger partial charge on any atom is -0.406 e. The highest BCUT2D eigenvalue weighted by atomic mass is 32.1. The van der Waals surface area contributed by atoms with Crippen molar-refractivity contribution in [2.24, 2.45) is 5.92 Å². The lowest BCUT2D eigenvalue weighted by Gasteiger charge is -2.35. The van der Waals surface area contributed by atoms with Crippen LogP contribution in [0.4, 0.5) is 24.5 Å². The largest absolute Gasteiger partial charge is 0.573 e. The lowest BCUT2D eigenvalue weighted by molar-refractivity contribution is -0.274. The molecule has 3 aromatic rings. The Morgan fingerprint density at radius 3 is 2.45 bits per heavy atom. The Balaban J connectivity index is 1.29. The number of hydrogen-bond acceptors (Lipinski definition) is 8. The molecular weight excluding hydrogens is 523 g/mol. The van der Waals surface area contributed by atoms with Crippen molar-refractivity contribution in [2.45, 2.75) is 26.1 Å². The molecule has 0 radical (unpaired) electrons. The molecule has 2 aromatic heterocycles. The lowest BCUT2D eigenvalue weighted by atomic mass is 9.94. The van der Waals surface area contributed by atoms with E-state index in [0.717, 1.165) is 33.7 Å². The smallest absolute Gasteiger partial charge is 0.406 e. The van der Waals surface area contributed by atoms with E-state index < -0.39 is 6.36 Å². The first-order chi connectivity index (χ1) is 18.2. The van der Waals surface area contributed by atoms with Crippen molar-refractivity contribution < 1.29 is 32.2 Å². The maximum Gasteiger partial charge on any atom is 0.573 e. The van der Waals surface area contributed by atoms with E-state index in [4.69, 9.17) is 4.74 Å². The number of nitrogens with one attached hydrogen (secondary N) is 1. The molecule has 2 saturated heterocycles. The number of aryl methyl sites for hydroxylation is 1. The average molecular weight is 550 g/mol. The van der Waals surface area contributed by atoms with Crippen molar-refractivity contribution in [1.82, 2.24) is 14.3 Å². The van der Waals surface area contributed by atoms with E-state index in [2.05, 4.69) is 24.3 Å². The zero-order valence-electron chi connectivity index (χ0n) is 20.6. The Bertz CT molecular complexity index is 1320. The second-order valence-corrected chi connectivity index (χ2v) is 9.95. The molecule has 1 N–H and O–H groups in total. The topological polar surface area (TPSA) is 96.9 Å². The zero-order chi connectivity index (χ0) is 26.9. The average Bonchev–Trinajstić information content (AvgIpc) is 3.29. The maximum absolute atomic E-state index is 13.5. The van der Waals surface area contributed by atoms with E-state index in [1.54, 1.807) is 11.1 Å². The van der Waals surface area contributed by atoms with Gasteiger partial charge >= 0.3 is 6.36 Å². The third kappa shape index (κ3) is 5.68. The fourth-order valence-electron chi connectivity index (χ4n) is 4.81. The molecule has 2 fully saturated rings. The fourth-order valence-corrected chi connectivity index (χ4v) is 5.56. The lowest BCUT2D eigenvalue weighted by Crippen LogP contribution is -2.42. The van der Waals surface area contributed by atoms with Crippen molar-refractivity contribution >= 4 is 44.9 Å². The van der Waals surface area contributed by atoms with Crippen LogP contribution in [0.2, 0.25) is 0 Å². The molecule has 38 heavy (non-hydrogen) atoms. The number of anilines is 2. The zero-order valence-corrected chi connectivity index (χ0v) is 21.4. The Morgan fingerprint density at radius 1 is 1.11 bits per heavy atom. The van der Waals surface area contributed by atoms with Crippen molar-refractivity contribution in [1.29, 1.82) is 0 Å². The number of rotatable bonds is 5. The molecule has 1 aromatic carbocycles. The number of hydrogen-bond donors (Lipinski definition) is 1. The van der Waals surface area contributed by atoms with Crippen LogP contribution in [0.5, 0.6) is 5.75 Å². The van der Waals surface area contributed by atoms with Gasteiger partial charge in [0.05, 0.1) is 35.5 Å². The SMILES string of the molecule is Cc1nsc2ncc(C(=O)N3CCOCC3)c(N3CCC(C(=O)Nc4ccc(OC(F)(F)F)cc4)CC3)c12. The Morgan fingerprint density at radius 2 is 1.79 bits per heavy atom. The third-order valence-electron chi connectivity index (χ3n) is 6.71. The summed E-state index contributed by atoms with van der Waals surface area (Å²) in [6.07, 6.45) is -2.05. The first-order valence-corrected chi connectivity index (χ1v) is 13.0. The monoisotopic (exact) mass is 549 g/mol. The van der Waals surface area contributed by atoms with Crippen LogP contribution in [0.3, 0.4) is 0 Å². The predicted molar refractivity (Wildman–Crippen MR) is 136 cm³/mol. The minimum absolute atomic E-state index is 0.0962. The molecule has 2 aliphatic rings. The number of halogens is 3. The number of carbonyl (C=O) groups excluding carboxylic acids is 2. The molecule has 0 bridgehead atoms. The minimum atomic E-state index is -4.77. The van der Waals surface area contributed by atoms with Gasteiger partial charge in [0.2, 0.25) is 5.91 Å². The standard InChI is InChI=1S/C25H26F3N5O4S/c1-15-20-21(19(14-29-23(20)38-31-15)24(35)33-10-12-36-13-11-33)32-8-6-16(7-9-32)22(34)30-17-2-4-18(5-3-17)37-25(26,27)28/h2-5,14,16H,6-13H2,1H3,(H,30,34). The summed E-state index contributed by atoms with van der Waals surface area (Å²) in [6.45, 7) is 5.02. The van der Waals surface area contributed by atoms with E-state index in [1.807, 2.05) is 6.92 Å². The first-order valence-electron chi connectivity index (χ1n) is 12.2. The van der Waals surface area contributed by atoms with Gasteiger partial charge in [-0.3, -0.25) is 9.59 Å². The predicted octanol–water partition coefficient (Wildman–Crippen LogP) is 4.23. The van der Waals surface area contributed by atoms with Gasteiger partial charge in [-0.2, -0.15) is 4.37 Å². The van der Waals surface area contributed by atoms with Crippen molar-refractivity contribution in [3.8, 4) is 5.75 Å². The number of fused-ring (bicyclic) bond motifs is 1. The molecule has 9 nitrogen and oxygen atoms in total. The number of pyridine rings is 1. The number of carbonyl (C=O) groups is 2. The molecule has 5 rings (SSSR count).